The normalized spacial score (nSPS) is 15.6. The molecule has 29 heavy (non-hydrogen) atoms. The van der Waals surface area contributed by atoms with E-state index in [0.717, 1.165) is 35.0 Å². The van der Waals surface area contributed by atoms with Crippen LogP contribution in [0.5, 0.6) is 0 Å². The Hall–Kier alpha value is -2.26. The highest BCUT2D eigenvalue weighted by Crippen LogP contribution is 2.19. The van der Waals surface area contributed by atoms with Crippen molar-refractivity contribution >= 4 is 43.2 Å². The molecule has 1 fully saturated rings. The number of thiazole rings is 1. The van der Waals surface area contributed by atoms with Gasteiger partial charge in [-0.15, -0.1) is 6.58 Å². The van der Waals surface area contributed by atoms with E-state index >= 15 is 0 Å². The molecule has 9 heteroatoms. The number of sulfone groups is 1. The van der Waals surface area contributed by atoms with E-state index in [4.69, 9.17) is 0 Å². The number of carbonyl (C=O) groups is 2. The summed E-state index contributed by atoms with van der Waals surface area (Å²) >= 11 is 1.33. The molecule has 156 valence electrons. The van der Waals surface area contributed by atoms with E-state index in [1.807, 2.05) is 29.7 Å². The van der Waals surface area contributed by atoms with E-state index in [-0.39, 0.29) is 0 Å². The van der Waals surface area contributed by atoms with Crippen LogP contribution < -0.4 is 4.80 Å². The lowest BCUT2D eigenvalue weighted by molar-refractivity contribution is -0.129. The van der Waals surface area contributed by atoms with E-state index in [0.29, 0.717) is 24.4 Å². The number of piperidine rings is 1. The average molecular weight is 436 g/mol. The van der Waals surface area contributed by atoms with Crippen molar-refractivity contribution in [1.82, 2.24) is 9.47 Å². The van der Waals surface area contributed by atoms with Crippen LogP contribution in [0.1, 0.15) is 24.8 Å². The quantitative estimate of drug-likeness (QED) is 0.650. The largest absolute Gasteiger partial charge is 0.342 e. The van der Waals surface area contributed by atoms with Gasteiger partial charge < -0.3 is 9.47 Å². The highest BCUT2D eigenvalue weighted by molar-refractivity contribution is 7.92. The van der Waals surface area contributed by atoms with Crippen molar-refractivity contribution in [3.63, 3.8) is 0 Å². The number of rotatable bonds is 6. The maximum atomic E-state index is 12.4. The zero-order valence-electron chi connectivity index (χ0n) is 16.5. The molecule has 1 aromatic carbocycles. The highest BCUT2D eigenvalue weighted by atomic mass is 32.2. The van der Waals surface area contributed by atoms with Crippen LogP contribution in [0.2, 0.25) is 0 Å². The number of hydrogen-bond donors (Lipinski definition) is 0. The van der Waals surface area contributed by atoms with Gasteiger partial charge in [0, 0.05) is 19.6 Å². The SMILES string of the molecule is C=CCn1c(=NC(=O)CS(=O)(=O)CC(=O)N2CCCCC2)sc2cc(C)ccc21. The number of fused-ring (bicyclic) bond motifs is 1. The third-order valence-electron chi connectivity index (χ3n) is 4.77. The van der Waals surface area contributed by atoms with Crippen molar-refractivity contribution in [2.75, 3.05) is 24.6 Å². The fraction of sp³-hybridized carbons (Fsp3) is 0.450. The number of aryl methyl sites for hydroxylation is 1. The van der Waals surface area contributed by atoms with Gasteiger partial charge in [0.1, 0.15) is 11.5 Å². The maximum absolute atomic E-state index is 12.4. The zero-order valence-corrected chi connectivity index (χ0v) is 18.1. The molecule has 1 saturated heterocycles. The lowest BCUT2D eigenvalue weighted by atomic mass is 10.1. The standard InChI is InChI=1S/C20H25N3O4S2/c1-3-9-23-16-8-7-15(2)12-17(16)28-20(23)21-18(24)13-29(26,27)14-19(25)22-10-5-4-6-11-22/h3,7-8,12H,1,4-6,9-11,13-14H2,2H3. The second-order valence-corrected chi connectivity index (χ2v) is 10.3. The molecule has 0 bridgehead atoms. The van der Waals surface area contributed by atoms with Crippen LogP contribution in [0.25, 0.3) is 10.2 Å². The first kappa shape index (κ1) is 21.4. The number of amides is 2. The van der Waals surface area contributed by atoms with Crippen molar-refractivity contribution in [3.8, 4) is 0 Å². The van der Waals surface area contributed by atoms with Gasteiger partial charge in [0.2, 0.25) is 5.91 Å². The molecular formula is C20H25N3O4S2. The van der Waals surface area contributed by atoms with E-state index in [9.17, 15) is 18.0 Å². The summed E-state index contributed by atoms with van der Waals surface area (Å²) in [5.74, 6) is -2.62. The van der Waals surface area contributed by atoms with Gasteiger partial charge in [0.25, 0.3) is 5.91 Å². The van der Waals surface area contributed by atoms with Crippen LogP contribution in [0.15, 0.2) is 35.8 Å². The van der Waals surface area contributed by atoms with Gasteiger partial charge in [0.15, 0.2) is 14.6 Å². The molecule has 3 rings (SSSR count). The highest BCUT2D eigenvalue weighted by Gasteiger charge is 2.25. The summed E-state index contributed by atoms with van der Waals surface area (Å²) < 4.78 is 27.5. The molecule has 1 aliphatic heterocycles. The van der Waals surface area contributed by atoms with Crippen LogP contribution in [0.3, 0.4) is 0 Å². The smallest absolute Gasteiger partial charge is 0.263 e. The predicted molar refractivity (Wildman–Crippen MR) is 114 cm³/mol. The number of benzene rings is 1. The van der Waals surface area contributed by atoms with E-state index in [2.05, 4.69) is 11.6 Å². The Balaban J connectivity index is 1.79. The van der Waals surface area contributed by atoms with E-state index in [1.165, 1.54) is 11.3 Å². The van der Waals surface area contributed by atoms with Crippen LogP contribution >= 0.6 is 11.3 Å². The minimum absolute atomic E-state index is 0.424. The number of carbonyl (C=O) groups excluding carboxylic acids is 2. The van der Waals surface area contributed by atoms with Crippen molar-refractivity contribution < 1.29 is 18.0 Å². The molecule has 0 radical (unpaired) electrons. The van der Waals surface area contributed by atoms with Gasteiger partial charge in [-0.25, -0.2) is 8.42 Å². The second kappa shape index (κ2) is 9.04. The summed E-state index contributed by atoms with van der Waals surface area (Å²) in [4.78, 5) is 30.6. The Morgan fingerprint density at radius 3 is 2.62 bits per heavy atom. The molecule has 0 N–H and O–H groups in total. The minimum Gasteiger partial charge on any atom is -0.342 e. The Kier molecular flexibility index (Phi) is 6.69. The maximum Gasteiger partial charge on any atom is 0.263 e. The molecule has 7 nitrogen and oxygen atoms in total. The van der Waals surface area contributed by atoms with Gasteiger partial charge in [0.05, 0.1) is 10.2 Å². The van der Waals surface area contributed by atoms with Crippen LogP contribution in [-0.2, 0) is 26.0 Å². The first-order chi connectivity index (χ1) is 13.8. The lowest BCUT2D eigenvalue weighted by Crippen LogP contribution is -2.40. The molecule has 2 aromatic rings. The monoisotopic (exact) mass is 435 g/mol. The predicted octanol–water partition coefficient (Wildman–Crippen LogP) is 2.05. The Morgan fingerprint density at radius 2 is 1.93 bits per heavy atom. The van der Waals surface area contributed by atoms with Gasteiger partial charge >= 0.3 is 0 Å². The molecule has 0 atom stereocenters. The fourth-order valence-corrected chi connectivity index (χ4v) is 5.63. The van der Waals surface area contributed by atoms with Crippen molar-refractivity contribution in [2.45, 2.75) is 32.7 Å². The van der Waals surface area contributed by atoms with Crippen LogP contribution in [-0.4, -0.2) is 54.3 Å². The lowest BCUT2D eigenvalue weighted by Gasteiger charge is -2.26. The molecular weight excluding hydrogens is 410 g/mol. The molecule has 1 aromatic heterocycles. The average Bonchev–Trinajstić information content (AvgIpc) is 2.98. The topological polar surface area (TPSA) is 88.8 Å². The Labute approximate surface area is 174 Å². The molecule has 0 saturated carbocycles. The number of hydrogen-bond acceptors (Lipinski definition) is 5. The molecule has 2 heterocycles. The number of likely N-dealkylation sites (tertiary alicyclic amines) is 1. The molecule has 0 spiro atoms. The van der Waals surface area contributed by atoms with Crippen molar-refractivity contribution in [3.05, 3.63) is 41.2 Å². The van der Waals surface area contributed by atoms with Gasteiger partial charge in [-0.1, -0.05) is 23.5 Å². The summed E-state index contributed by atoms with van der Waals surface area (Å²) in [7, 11) is -3.87. The number of aromatic nitrogens is 1. The van der Waals surface area contributed by atoms with Crippen LogP contribution in [0, 0.1) is 6.92 Å². The molecule has 2 amide bonds. The molecule has 0 unspecified atom stereocenters. The second-order valence-electron chi connectivity index (χ2n) is 7.23. The fourth-order valence-electron chi connectivity index (χ4n) is 3.37. The summed E-state index contributed by atoms with van der Waals surface area (Å²) in [5, 5.41) is 0. The summed E-state index contributed by atoms with van der Waals surface area (Å²) in [5.41, 5.74) is 2.00. The summed E-state index contributed by atoms with van der Waals surface area (Å²) in [6.45, 7) is 7.32. The minimum atomic E-state index is -3.87. The molecule has 1 aliphatic rings. The number of nitrogens with zero attached hydrogens (tertiary/aromatic N) is 3. The third-order valence-corrected chi connectivity index (χ3v) is 7.18. The van der Waals surface area contributed by atoms with Gasteiger partial charge in [-0.3, -0.25) is 9.59 Å². The van der Waals surface area contributed by atoms with E-state index in [1.54, 1.807) is 11.0 Å². The van der Waals surface area contributed by atoms with Crippen LogP contribution in [0.4, 0.5) is 0 Å². The van der Waals surface area contributed by atoms with Crippen molar-refractivity contribution in [1.29, 1.82) is 0 Å². The summed E-state index contributed by atoms with van der Waals surface area (Å²) in [6, 6.07) is 5.91. The number of allylic oxidation sites excluding steroid dienone is 1. The van der Waals surface area contributed by atoms with Gasteiger partial charge in [-0.05, 0) is 43.9 Å². The first-order valence-electron chi connectivity index (χ1n) is 9.56. The molecule has 0 aliphatic carbocycles. The zero-order chi connectivity index (χ0) is 21.0. The first-order valence-corrected chi connectivity index (χ1v) is 12.2. The Bertz CT molecular complexity index is 1110. The summed E-state index contributed by atoms with van der Waals surface area (Å²) in [6.07, 6.45) is 4.51. The van der Waals surface area contributed by atoms with Gasteiger partial charge in [-0.2, -0.15) is 4.99 Å². The Morgan fingerprint density at radius 1 is 1.21 bits per heavy atom. The third kappa shape index (κ3) is 5.42. The van der Waals surface area contributed by atoms with Crippen molar-refractivity contribution in [2.24, 2.45) is 4.99 Å². The van der Waals surface area contributed by atoms with E-state index < -0.39 is 33.2 Å².